The van der Waals surface area contributed by atoms with Crippen molar-refractivity contribution in [3.63, 3.8) is 0 Å². The van der Waals surface area contributed by atoms with Crippen molar-refractivity contribution in [1.82, 2.24) is 20.2 Å². The molecule has 0 unspecified atom stereocenters. The molecule has 2 heterocycles. The monoisotopic (exact) mass is 334 g/mol. The van der Waals surface area contributed by atoms with Gasteiger partial charge in [-0.1, -0.05) is 42.1 Å². The van der Waals surface area contributed by atoms with Crippen molar-refractivity contribution in [3.8, 4) is 11.5 Å². The lowest BCUT2D eigenvalue weighted by atomic mass is 10.2. The highest BCUT2D eigenvalue weighted by Crippen LogP contribution is 2.26. The molecule has 4 rings (SSSR count). The minimum Gasteiger partial charge on any atom is -0.411 e. The van der Waals surface area contributed by atoms with Gasteiger partial charge in [0.1, 0.15) is 0 Å². The van der Waals surface area contributed by atoms with Gasteiger partial charge in [-0.25, -0.2) is 9.97 Å². The molecule has 0 radical (unpaired) electrons. The fourth-order valence-electron chi connectivity index (χ4n) is 2.36. The first-order valence-electron chi connectivity index (χ1n) is 7.53. The molecule has 24 heavy (non-hydrogen) atoms. The summed E-state index contributed by atoms with van der Waals surface area (Å²) in [6, 6.07) is 17.6. The van der Waals surface area contributed by atoms with Crippen LogP contribution in [0.4, 0.5) is 0 Å². The molecule has 0 bridgehead atoms. The zero-order chi connectivity index (χ0) is 16.4. The second-order valence-electron chi connectivity index (χ2n) is 5.27. The van der Waals surface area contributed by atoms with E-state index in [0.29, 0.717) is 16.9 Å². The van der Waals surface area contributed by atoms with E-state index in [-0.39, 0.29) is 0 Å². The van der Waals surface area contributed by atoms with Gasteiger partial charge in [-0.3, -0.25) is 0 Å². The van der Waals surface area contributed by atoms with Gasteiger partial charge in [0.05, 0.1) is 22.4 Å². The summed E-state index contributed by atoms with van der Waals surface area (Å²) in [6.07, 6.45) is 0. The number of hydrogen-bond donors (Lipinski definition) is 0. The number of hydrogen-bond acceptors (Lipinski definition) is 6. The maximum absolute atomic E-state index is 5.71. The fraction of sp³-hybridized carbons (Fsp3) is 0.111. The summed E-state index contributed by atoms with van der Waals surface area (Å²) < 4.78 is 5.71. The third-order valence-corrected chi connectivity index (χ3v) is 4.43. The van der Waals surface area contributed by atoms with Crippen LogP contribution in [-0.2, 0) is 5.75 Å². The van der Waals surface area contributed by atoms with Crippen molar-refractivity contribution in [3.05, 3.63) is 66.0 Å². The first-order valence-corrected chi connectivity index (χ1v) is 8.52. The van der Waals surface area contributed by atoms with Crippen molar-refractivity contribution in [1.29, 1.82) is 0 Å². The van der Waals surface area contributed by atoms with E-state index in [1.54, 1.807) is 0 Å². The smallest absolute Gasteiger partial charge is 0.277 e. The molecule has 5 nitrogen and oxygen atoms in total. The van der Waals surface area contributed by atoms with Gasteiger partial charge in [0.15, 0.2) is 0 Å². The van der Waals surface area contributed by atoms with Gasteiger partial charge in [0, 0.05) is 11.3 Å². The third kappa shape index (κ3) is 3.00. The summed E-state index contributed by atoms with van der Waals surface area (Å²) in [5.74, 6) is 1.17. The number of thioether (sulfide) groups is 1. The molecule has 0 fully saturated rings. The molecule has 0 aliphatic rings. The van der Waals surface area contributed by atoms with Crippen LogP contribution in [0.5, 0.6) is 0 Å². The van der Waals surface area contributed by atoms with Gasteiger partial charge in [-0.05, 0) is 31.2 Å². The molecule has 0 saturated heterocycles. The van der Waals surface area contributed by atoms with E-state index in [2.05, 4.69) is 20.2 Å². The number of aryl methyl sites for hydroxylation is 1. The predicted octanol–water partition coefficient (Wildman–Crippen LogP) is 4.28. The van der Waals surface area contributed by atoms with E-state index < -0.39 is 0 Å². The molecule has 0 atom stereocenters. The zero-order valence-electron chi connectivity index (χ0n) is 13.0. The molecule has 0 amide bonds. The number of para-hydroxylation sites is 2. The summed E-state index contributed by atoms with van der Waals surface area (Å²) in [5, 5.41) is 8.73. The highest BCUT2D eigenvalue weighted by Gasteiger charge is 2.11. The van der Waals surface area contributed by atoms with Crippen LogP contribution in [0.25, 0.3) is 22.5 Å². The molecule has 4 aromatic rings. The first kappa shape index (κ1) is 14.8. The van der Waals surface area contributed by atoms with Crippen molar-refractivity contribution < 1.29 is 4.42 Å². The summed E-state index contributed by atoms with van der Waals surface area (Å²) in [7, 11) is 0. The molecule has 2 aromatic heterocycles. The second-order valence-corrected chi connectivity index (χ2v) is 6.20. The molecule has 118 valence electrons. The Kier molecular flexibility index (Phi) is 3.96. The van der Waals surface area contributed by atoms with E-state index in [4.69, 9.17) is 4.42 Å². The minimum atomic E-state index is 0.527. The molecule has 0 saturated carbocycles. The van der Waals surface area contributed by atoms with Crippen molar-refractivity contribution in [2.45, 2.75) is 17.9 Å². The second kappa shape index (κ2) is 6.41. The number of nitrogens with zero attached hydrogens (tertiary/aromatic N) is 4. The van der Waals surface area contributed by atoms with Crippen molar-refractivity contribution >= 4 is 22.8 Å². The Hall–Kier alpha value is -2.73. The minimum absolute atomic E-state index is 0.527. The van der Waals surface area contributed by atoms with E-state index >= 15 is 0 Å². The van der Waals surface area contributed by atoms with Crippen LogP contribution >= 0.6 is 11.8 Å². The zero-order valence-corrected chi connectivity index (χ0v) is 13.8. The van der Waals surface area contributed by atoms with Crippen molar-refractivity contribution in [2.24, 2.45) is 0 Å². The Morgan fingerprint density at radius 1 is 0.875 bits per heavy atom. The maximum Gasteiger partial charge on any atom is 0.277 e. The fourth-order valence-corrected chi connectivity index (χ4v) is 3.13. The molecular formula is C18H14N4OS. The molecular weight excluding hydrogens is 320 g/mol. The largest absolute Gasteiger partial charge is 0.411 e. The van der Waals surface area contributed by atoms with Gasteiger partial charge in [-0.2, -0.15) is 0 Å². The highest BCUT2D eigenvalue weighted by molar-refractivity contribution is 7.98. The van der Waals surface area contributed by atoms with Crippen LogP contribution in [-0.4, -0.2) is 20.2 Å². The summed E-state index contributed by atoms with van der Waals surface area (Å²) in [5.41, 5.74) is 4.57. The van der Waals surface area contributed by atoms with Crippen LogP contribution in [0.3, 0.4) is 0 Å². The van der Waals surface area contributed by atoms with Crippen molar-refractivity contribution in [2.75, 3.05) is 0 Å². The Labute approximate surface area is 143 Å². The number of aromatic nitrogens is 4. The lowest BCUT2D eigenvalue weighted by molar-refractivity contribution is 0.466. The molecule has 0 aliphatic heterocycles. The molecule has 2 aromatic carbocycles. The Morgan fingerprint density at radius 3 is 2.38 bits per heavy atom. The molecule has 0 spiro atoms. The van der Waals surface area contributed by atoms with Crippen LogP contribution in [0.2, 0.25) is 0 Å². The third-order valence-electron chi connectivity index (χ3n) is 3.60. The predicted molar refractivity (Wildman–Crippen MR) is 93.6 cm³/mol. The summed E-state index contributed by atoms with van der Waals surface area (Å²) in [4.78, 5) is 9.28. The normalized spacial score (nSPS) is 11.0. The quantitative estimate of drug-likeness (QED) is 0.519. The van der Waals surface area contributed by atoms with Crippen LogP contribution in [0, 0.1) is 6.92 Å². The highest BCUT2D eigenvalue weighted by atomic mass is 32.2. The van der Waals surface area contributed by atoms with Gasteiger partial charge in [-0.15, -0.1) is 10.2 Å². The van der Waals surface area contributed by atoms with E-state index in [9.17, 15) is 0 Å². The van der Waals surface area contributed by atoms with Gasteiger partial charge < -0.3 is 4.42 Å². The Bertz CT molecular complexity index is 985. The topological polar surface area (TPSA) is 64.7 Å². The van der Waals surface area contributed by atoms with E-state index in [1.807, 2.05) is 61.5 Å². The van der Waals surface area contributed by atoms with Crippen LogP contribution in [0.15, 0.2) is 64.2 Å². The van der Waals surface area contributed by atoms with E-state index in [0.717, 1.165) is 28.0 Å². The molecule has 0 N–H and O–H groups in total. The lowest BCUT2D eigenvalue weighted by Crippen LogP contribution is -1.96. The molecule has 6 heteroatoms. The average Bonchev–Trinajstić information content (AvgIpc) is 3.10. The standard InChI is InChI=1S/C18H14N4OS/c1-12-16(20-15-10-6-5-9-14(15)19-12)11-24-18-22-21-17(23-18)13-7-3-2-4-8-13/h2-10H,11H2,1H3. The number of rotatable bonds is 4. The van der Waals surface area contributed by atoms with Crippen LogP contribution < -0.4 is 0 Å². The Morgan fingerprint density at radius 2 is 1.58 bits per heavy atom. The molecule has 0 aliphatic carbocycles. The lowest BCUT2D eigenvalue weighted by Gasteiger charge is -2.04. The summed E-state index contributed by atoms with van der Waals surface area (Å²) >= 11 is 1.47. The Balaban J connectivity index is 1.53. The average molecular weight is 334 g/mol. The van der Waals surface area contributed by atoms with Crippen LogP contribution in [0.1, 0.15) is 11.4 Å². The van der Waals surface area contributed by atoms with E-state index in [1.165, 1.54) is 11.8 Å². The van der Waals surface area contributed by atoms with Gasteiger partial charge in [0.2, 0.25) is 5.89 Å². The number of benzene rings is 2. The number of fused-ring (bicyclic) bond motifs is 1. The maximum atomic E-state index is 5.71. The van der Waals surface area contributed by atoms with Gasteiger partial charge in [0.25, 0.3) is 5.22 Å². The van der Waals surface area contributed by atoms with Gasteiger partial charge >= 0.3 is 0 Å². The SMILES string of the molecule is Cc1nc2ccccc2nc1CSc1nnc(-c2ccccc2)o1. The first-order chi connectivity index (χ1) is 11.8. The summed E-state index contributed by atoms with van der Waals surface area (Å²) in [6.45, 7) is 1.97.